The largest absolute Gasteiger partial charge is 0.442 e. The number of carbonyl (C=O) groups excluding carboxylic acids is 1. The van der Waals surface area contributed by atoms with Crippen molar-refractivity contribution in [1.29, 1.82) is 0 Å². The number of fused-ring (bicyclic) bond motifs is 1. The summed E-state index contributed by atoms with van der Waals surface area (Å²) in [5.74, 6) is 0. The van der Waals surface area contributed by atoms with E-state index in [-0.39, 0.29) is 22.6 Å². The number of hydrazone groups is 1. The molecule has 2 aromatic rings. The molecule has 1 amide bonds. The fourth-order valence-electron chi connectivity index (χ4n) is 4.02. The van der Waals surface area contributed by atoms with Gasteiger partial charge in [-0.05, 0) is 69.6 Å². The lowest BCUT2D eigenvalue weighted by atomic mass is 9.75. The summed E-state index contributed by atoms with van der Waals surface area (Å²) in [7, 11) is 0. The molecule has 7 heteroatoms. The first-order valence-electron chi connectivity index (χ1n) is 11.7. The molecule has 7 nitrogen and oxygen atoms in total. The highest BCUT2D eigenvalue weighted by molar-refractivity contribution is 5.95. The molecular formula is C26H42N4O3. The van der Waals surface area contributed by atoms with Gasteiger partial charge < -0.3 is 9.72 Å². The van der Waals surface area contributed by atoms with Crippen molar-refractivity contribution < 1.29 is 9.53 Å². The Bertz CT molecular complexity index is 1100. The van der Waals surface area contributed by atoms with Crippen LogP contribution in [0.4, 0.5) is 4.79 Å². The molecule has 0 fully saturated rings. The second kappa shape index (κ2) is 8.99. The predicted molar refractivity (Wildman–Crippen MR) is 137 cm³/mol. The summed E-state index contributed by atoms with van der Waals surface area (Å²) >= 11 is 0. The van der Waals surface area contributed by atoms with Crippen LogP contribution in [0.5, 0.6) is 0 Å². The van der Waals surface area contributed by atoms with Crippen LogP contribution in [-0.4, -0.2) is 39.0 Å². The summed E-state index contributed by atoms with van der Waals surface area (Å²) in [6, 6.07) is 2.04. The van der Waals surface area contributed by atoms with Gasteiger partial charge >= 0.3 is 11.8 Å². The van der Waals surface area contributed by atoms with Gasteiger partial charge in [-0.2, -0.15) is 10.1 Å². The third-order valence-corrected chi connectivity index (χ3v) is 5.35. The lowest BCUT2D eigenvalue weighted by Crippen LogP contribution is -2.33. The number of nitrogens with one attached hydrogen (secondary N) is 1. The average Bonchev–Trinajstić information content (AvgIpc) is 2.93. The fraction of sp³-hybridized carbons (Fsp3) is 0.654. The van der Waals surface area contributed by atoms with E-state index >= 15 is 0 Å². The number of imidazole rings is 1. The average molecular weight is 459 g/mol. The van der Waals surface area contributed by atoms with Gasteiger partial charge in [-0.1, -0.05) is 41.5 Å². The number of hydrogen-bond donors (Lipinski definition) is 1. The summed E-state index contributed by atoms with van der Waals surface area (Å²) in [5, 5.41) is 5.90. The Labute approximate surface area is 198 Å². The first kappa shape index (κ1) is 26.7. The zero-order chi connectivity index (χ0) is 25.5. The van der Waals surface area contributed by atoms with Gasteiger partial charge in [0.1, 0.15) is 5.60 Å². The Hall–Kier alpha value is -2.57. The molecule has 0 aliphatic rings. The number of ether oxygens (including phenoxy) is 1. The summed E-state index contributed by atoms with van der Waals surface area (Å²) in [6.07, 6.45) is 1.27. The van der Waals surface area contributed by atoms with Gasteiger partial charge in [0.2, 0.25) is 0 Å². The van der Waals surface area contributed by atoms with Gasteiger partial charge in [0, 0.05) is 18.2 Å². The molecule has 0 radical (unpaired) electrons. The molecule has 0 atom stereocenters. The van der Waals surface area contributed by atoms with E-state index in [0.29, 0.717) is 6.54 Å². The topological polar surface area (TPSA) is 79.7 Å². The van der Waals surface area contributed by atoms with E-state index in [2.05, 4.69) is 57.7 Å². The molecule has 1 aromatic heterocycles. The molecule has 33 heavy (non-hydrogen) atoms. The highest BCUT2D eigenvalue weighted by atomic mass is 16.6. The maximum atomic E-state index is 12.9. The van der Waals surface area contributed by atoms with E-state index < -0.39 is 11.7 Å². The predicted octanol–water partition coefficient (Wildman–Crippen LogP) is 6.10. The van der Waals surface area contributed by atoms with Crippen molar-refractivity contribution in [2.24, 2.45) is 5.10 Å². The number of benzene rings is 1. The van der Waals surface area contributed by atoms with Crippen molar-refractivity contribution >= 4 is 23.3 Å². The van der Waals surface area contributed by atoms with Crippen molar-refractivity contribution in [3.8, 4) is 0 Å². The lowest BCUT2D eigenvalue weighted by Gasteiger charge is -2.30. The summed E-state index contributed by atoms with van der Waals surface area (Å²) in [6.45, 7) is 24.6. The zero-order valence-electron chi connectivity index (χ0n) is 22.5. The Kier molecular flexibility index (Phi) is 7.27. The van der Waals surface area contributed by atoms with E-state index in [1.165, 1.54) is 5.01 Å². The standard InChI is InChI=1S/C26H42N4O3/c1-13-29(23(32)33-26(10,11)12)27-15-17-18(24(4,5)6)14-19-21(20(17)25(7,8)9)30(16(2)3)22(31)28-19/h14-16H,13H2,1-12H3,(H,28,31)/b27-15+. The Morgan fingerprint density at radius 2 is 1.70 bits per heavy atom. The molecule has 0 spiro atoms. The minimum Gasteiger partial charge on any atom is -0.442 e. The van der Waals surface area contributed by atoms with Crippen molar-refractivity contribution in [1.82, 2.24) is 14.6 Å². The highest BCUT2D eigenvalue weighted by Gasteiger charge is 2.31. The number of aromatic amines is 1. The third-order valence-electron chi connectivity index (χ3n) is 5.35. The van der Waals surface area contributed by atoms with Crippen molar-refractivity contribution in [2.75, 3.05) is 6.54 Å². The second-order valence-corrected chi connectivity index (χ2v) is 11.9. The SMILES string of the molecule is CCN(/N=C/c1c(C(C)(C)C)cc2[nH]c(=O)n(C(C)C)c2c1C(C)(C)C)C(=O)OC(C)(C)C. The number of hydrogen-bond acceptors (Lipinski definition) is 4. The maximum absolute atomic E-state index is 12.9. The van der Waals surface area contributed by atoms with Crippen LogP contribution in [0.15, 0.2) is 16.0 Å². The van der Waals surface area contributed by atoms with E-state index in [4.69, 9.17) is 4.74 Å². The van der Waals surface area contributed by atoms with Gasteiger partial charge in [-0.15, -0.1) is 0 Å². The molecule has 0 aliphatic carbocycles. The van der Waals surface area contributed by atoms with E-state index in [9.17, 15) is 9.59 Å². The number of aromatic nitrogens is 2. The molecule has 1 heterocycles. The minimum atomic E-state index is -0.607. The smallest absolute Gasteiger partial charge is 0.430 e. The molecule has 1 aromatic carbocycles. The number of rotatable bonds is 4. The Balaban J connectivity index is 2.89. The third kappa shape index (κ3) is 5.87. The monoisotopic (exact) mass is 458 g/mol. The molecule has 0 bridgehead atoms. The lowest BCUT2D eigenvalue weighted by molar-refractivity contribution is 0.0266. The molecular weight excluding hydrogens is 416 g/mol. The number of H-pyrrole nitrogens is 1. The molecule has 2 rings (SSSR count). The summed E-state index contributed by atoms with van der Waals surface area (Å²) in [4.78, 5) is 28.6. The quantitative estimate of drug-likeness (QED) is 0.444. The Morgan fingerprint density at radius 1 is 1.12 bits per heavy atom. The summed E-state index contributed by atoms with van der Waals surface area (Å²) < 4.78 is 7.33. The molecule has 0 saturated carbocycles. The van der Waals surface area contributed by atoms with Crippen molar-refractivity contribution in [2.45, 2.75) is 106 Å². The van der Waals surface area contributed by atoms with Gasteiger partial charge in [0.15, 0.2) is 0 Å². The first-order chi connectivity index (χ1) is 14.9. The van der Waals surface area contributed by atoms with Crippen LogP contribution in [0.3, 0.4) is 0 Å². The minimum absolute atomic E-state index is 0.00784. The van der Waals surface area contributed by atoms with Crippen molar-refractivity contribution in [3.63, 3.8) is 0 Å². The molecule has 0 unspecified atom stereocenters. The van der Waals surface area contributed by atoms with E-state index in [1.807, 2.05) is 46.1 Å². The molecule has 0 aliphatic heterocycles. The fourth-order valence-corrected chi connectivity index (χ4v) is 4.02. The second-order valence-electron chi connectivity index (χ2n) is 11.9. The molecule has 1 N–H and O–H groups in total. The Morgan fingerprint density at radius 3 is 2.12 bits per heavy atom. The number of nitrogens with zero attached hydrogens (tertiary/aromatic N) is 3. The normalized spacial score (nSPS) is 13.4. The number of amides is 1. The van der Waals surface area contributed by atoms with Crippen LogP contribution in [0, 0.1) is 0 Å². The van der Waals surface area contributed by atoms with Crippen LogP contribution < -0.4 is 5.69 Å². The maximum Gasteiger partial charge on any atom is 0.430 e. The zero-order valence-corrected chi connectivity index (χ0v) is 22.5. The van der Waals surface area contributed by atoms with Crippen molar-refractivity contribution in [3.05, 3.63) is 33.2 Å². The van der Waals surface area contributed by atoms with Crippen LogP contribution in [0.1, 0.15) is 106 Å². The first-order valence-corrected chi connectivity index (χ1v) is 11.7. The van der Waals surface area contributed by atoms with Crippen LogP contribution in [0.25, 0.3) is 11.0 Å². The molecule has 184 valence electrons. The van der Waals surface area contributed by atoms with Crippen LogP contribution >= 0.6 is 0 Å². The highest BCUT2D eigenvalue weighted by Crippen LogP contribution is 2.38. The van der Waals surface area contributed by atoms with Gasteiger partial charge in [0.05, 0.1) is 17.2 Å². The van der Waals surface area contributed by atoms with E-state index in [1.54, 1.807) is 6.21 Å². The van der Waals surface area contributed by atoms with E-state index in [0.717, 1.165) is 27.7 Å². The van der Waals surface area contributed by atoms with Gasteiger partial charge in [-0.25, -0.2) is 9.59 Å². The van der Waals surface area contributed by atoms with Gasteiger partial charge in [-0.3, -0.25) is 4.57 Å². The van der Waals surface area contributed by atoms with Gasteiger partial charge in [0.25, 0.3) is 0 Å². The number of carbonyl (C=O) groups is 1. The summed E-state index contributed by atoms with van der Waals surface area (Å²) in [5.41, 5.74) is 3.50. The van der Waals surface area contributed by atoms with Crippen LogP contribution in [0.2, 0.25) is 0 Å². The van der Waals surface area contributed by atoms with Crippen LogP contribution in [-0.2, 0) is 15.6 Å². The molecule has 0 saturated heterocycles.